The van der Waals surface area contributed by atoms with Crippen molar-refractivity contribution in [2.45, 2.75) is 26.2 Å². The molecule has 1 heterocycles. The molecule has 0 saturated heterocycles. The van der Waals surface area contributed by atoms with Crippen LogP contribution in [0.4, 0.5) is 20.3 Å². The number of hydrogen-bond donors (Lipinski definition) is 2. The SMILES string of the molecule is C=C(Nc1ccc(-c2ccc(N)nc2)c(C)c1)C(CC)c1cc(F)cc(F)c1. The summed E-state index contributed by atoms with van der Waals surface area (Å²) in [6.07, 6.45) is 2.41. The van der Waals surface area contributed by atoms with Crippen molar-refractivity contribution in [3.05, 3.63) is 89.8 Å². The van der Waals surface area contributed by atoms with Crippen molar-refractivity contribution in [3.63, 3.8) is 0 Å². The maximum Gasteiger partial charge on any atom is 0.126 e. The van der Waals surface area contributed by atoms with Crippen LogP contribution < -0.4 is 11.1 Å². The summed E-state index contributed by atoms with van der Waals surface area (Å²) in [5.74, 6) is -0.890. The lowest BCUT2D eigenvalue weighted by molar-refractivity contribution is 0.575. The molecule has 0 aliphatic carbocycles. The van der Waals surface area contributed by atoms with Gasteiger partial charge in [-0.15, -0.1) is 0 Å². The summed E-state index contributed by atoms with van der Waals surface area (Å²) < 4.78 is 27.2. The molecule has 3 aromatic rings. The highest BCUT2D eigenvalue weighted by atomic mass is 19.1. The second-order valence-electron chi connectivity index (χ2n) is 6.82. The largest absolute Gasteiger partial charge is 0.384 e. The highest BCUT2D eigenvalue weighted by Gasteiger charge is 2.16. The van der Waals surface area contributed by atoms with E-state index in [1.54, 1.807) is 12.3 Å². The monoisotopic (exact) mass is 379 g/mol. The van der Waals surface area contributed by atoms with Gasteiger partial charge >= 0.3 is 0 Å². The van der Waals surface area contributed by atoms with Crippen LogP contribution in [0.25, 0.3) is 11.1 Å². The lowest BCUT2D eigenvalue weighted by Crippen LogP contribution is -2.10. The van der Waals surface area contributed by atoms with Crippen molar-refractivity contribution in [1.29, 1.82) is 0 Å². The summed E-state index contributed by atoms with van der Waals surface area (Å²) in [4.78, 5) is 4.14. The van der Waals surface area contributed by atoms with Crippen molar-refractivity contribution >= 4 is 11.5 Å². The van der Waals surface area contributed by atoms with Crippen molar-refractivity contribution in [1.82, 2.24) is 4.98 Å². The fourth-order valence-electron chi connectivity index (χ4n) is 3.36. The highest BCUT2D eigenvalue weighted by molar-refractivity contribution is 5.70. The van der Waals surface area contributed by atoms with Gasteiger partial charge in [-0.1, -0.05) is 19.6 Å². The maximum absolute atomic E-state index is 13.6. The molecule has 0 spiro atoms. The average Bonchev–Trinajstić information content (AvgIpc) is 2.63. The lowest BCUT2D eigenvalue weighted by Gasteiger charge is -2.21. The molecular formula is C23H23F2N3. The number of hydrogen-bond acceptors (Lipinski definition) is 3. The zero-order valence-electron chi connectivity index (χ0n) is 16.0. The predicted octanol–water partition coefficient (Wildman–Crippen LogP) is 6.04. The van der Waals surface area contributed by atoms with E-state index in [2.05, 4.69) is 16.9 Å². The van der Waals surface area contributed by atoms with Gasteiger partial charge in [0.05, 0.1) is 0 Å². The molecule has 3 nitrogen and oxygen atoms in total. The Morgan fingerprint density at radius 3 is 2.39 bits per heavy atom. The molecule has 2 aromatic carbocycles. The molecule has 1 aromatic heterocycles. The van der Waals surface area contributed by atoms with E-state index in [0.29, 0.717) is 23.5 Å². The number of aromatic nitrogens is 1. The second-order valence-corrected chi connectivity index (χ2v) is 6.82. The van der Waals surface area contributed by atoms with E-state index in [9.17, 15) is 8.78 Å². The van der Waals surface area contributed by atoms with E-state index < -0.39 is 11.6 Å². The molecule has 0 aliphatic rings. The molecule has 28 heavy (non-hydrogen) atoms. The van der Waals surface area contributed by atoms with Gasteiger partial charge in [-0.05, 0) is 66.4 Å². The molecular weight excluding hydrogens is 356 g/mol. The molecule has 3 N–H and O–H groups in total. The standard InChI is InChI=1S/C23H23F2N3/c1-4-21(17-10-18(24)12-19(25)11-17)15(3)28-20-6-7-22(14(2)9-20)16-5-8-23(26)27-13-16/h5-13,21,28H,3-4H2,1-2H3,(H2,26,27). The minimum absolute atomic E-state index is 0.202. The second kappa shape index (κ2) is 8.21. The van der Waals surface area contributed by atoms with Crippen molar-refractivity contribution < 1.29 is 8.78 Å². The van der Waals surface area contributed by atoms with E-state index in [1.165, 1.54) is 12.1 Å². The normalized spacial score (nSPS) is 11.9. The Hall–Kier alpha value is -3.21. The first-order valence-corrected chi connectivity index (χ1v) is 9.11. The number of anilines is 2. The number of nitrogens with two attached hydrogens (primary N) is 1. The summed E-state index contributed by atoms with van der Waals surface area (Å²) >= 11 is 0. The van der Waals surface area contributed by atoms with E-state index >= 15 is 0 Å². The summed E-state index contributed by atoms with van der Waals surface area (Å²) in [5, 5.41) is 3.28. The molecule has 1 atom stereocenters. The molecule has 0 saturated carbocycles. The van der Waals surface area contributed by atoms with Gasteiger partial charge in [-0.3, -0.25) is 0 Å². The predicted molar refractivity (Wildman–Crippen MR) is 111 cm³/mol. The van der Waals surface area contributed by atoms with Crippen molar-refractivity contribution in [2.75, 3.05) is 11.1 Å². The van der Waals surface area contributed by atoms with Crippen LogP contribution in [0.1, 0.15) is 30.4 Å². The van der Waals surface area contributed by atoms with Gasteiger partial charge in [0.2, 0.25) is 0 Å². The van der Waals surface area contributed by atoms with E-state index in [1.807, 2.05) is 38.1 Å². The maximum atomic E-state index is 13.6. The Balaban J connectivity index is 1.81. The molecule has 3 rings (SSSR count). The van der Waals surface area contributed by atoms with Crippen LogP contribution in [0.5, 0.6) is 0 Å². The number of nitrogens with zero attached hydrogens (tertiary/aromatic N) is 1. The number of allylic oxidation sites excluding steroid dienone is 1. The number of aryl methyl sites for hydroxylation is 1. The van der Waals surface area contributed by atoms with Crippen molar-refractivity contribution in [2.24, 2.45) is 0 Å². The van der Waals surface area contributed by atoms with E-state index in [4.69, 9.17) is 5.73 Å². The van der Waals surface area contributed by atoms with Gasteiger partial charge in [-0.25, -0.2) is 13.8 Å². The van der Waals surface area contributed by atoms with E-state index in [0.717, 1.165) is 28.4 Å². The fraction of sp³-hybridized carbons (Fsp3) is 0.174. The van der Waals surface area contributed by atoms with Crippen LogP contribution in [-0.2, 0) is 0 Å². The first-order chi connectivity index (χ1) is 13.4. The number of pyridine rings is 1. The third-order valence-corrected chi connectivity index (χ3v) is 4.74. The fourth-order valence-corrected chi connectivity index (χ4v) is 3.36. The topological polar surface area (TPSA) is 50.9 Å². The molecule has 0 fully saturated rings. The first-order valence-electron chi connectivity index (χ1n) is 9.11. The zero-order valence-corrected chi connectivity index (χ0v) is 16.0. The number of nitrogen functional groups attached to an aromatic ring is 1. The molecule has 0 radical (unpaired) electrons. The van der Waals surface area contributed by atoms with Crippen LogP contribution in [0.3, 0.4) is 0 Å². The number of halogens is 2. The van der Waals surface area contributed by atoms with Gasteiger partial charge in [0.15, 0.2) is 0 Å². The minimum atomic E-state index is -0.585. The van der Waals surface area contributed by atoms with Gasteiger partial charge < -0.3 is 11.1 Å². The molecule has 144 valence electrons. The molecule has 1 unspecified atom stereocenters. The summed E-state index contributed by atoms with van der Waals surface area (Å²) in [7, 11) is 0. The third-order valence-electron chi connectivity index (χ3n) is 4.74. The molecule has 0 bridgehead atoms. The molecule has 0 amide bonds. The van der Waals surface area contributed by atoms with Crippen LogP contribution >= 0.6 is 0 Å². The average molecular weight is 379 g/mol. The summed E-state index contributed by atoms with van der Waals surface area (Å²) in [6, 6.07) is 13.2. The Kier molecular flexibility index (Phi) is 5.73. The van der Waals surface area contributed by atoms with Gasteiger partial charge in [0.25, 0.3) is 0 Å². The minimum Gasteiger partial charge on any atom is -0.384 e. The van der Waals surface area contributed by atoms with Gasteiger partial charge in [0, 0.05) is 35.1 Å². The smallest absolute Gasteiger partial charge is 0.126 e. The van der Waals surface area contributed by atoms with Crippen LogP contribution in [-0.4, -0.2) is 4.98 Å². The van der Waals surface area contributed by atoms with Gasteiger partial charge in [-0.2, -0.15) is 0 Å². The van der Waals surface area contributed by atoms with Crippen LogP contribution in [0.15, 0.2) is 67.0 Å². The Morgan fingerprint density at radius 1 is 1.11 bits per heavy atom. The summed E-state index contributed by atoms with van der Waals surface area (Å²) in [5.41, 5.74) is 10.9. The lowest BCUT2D eigenvalue weighted by atomic mass is 9.93. The molecule has 0 aliphatic heterocycles. The van der Waals surface area contributed by atoms with Crippen LogP contribution in [0, 0.1) is 18.6 Å². The Bertz CT molecular complexity index is 977. The number of rotatable bonds is 6. The van der Waals surface area contributed by atoms with Crippen molar-refractivity contribution in [3.8, 4) is 11.1 Å². The van der Waals surface area contributed by atoms with Gasteiger partial charge in [0.1, 0.15) is 17.5 Å². The zero-order chi connectivity index (χ0) is 20.3. The van der Waals surface area contributed by atoms with E-state index in [-0.39, 0.29) is 5.92 Å². The summed E-state index contributed by atoms with van der Waals surface area (Å²) in [6.45, 7) is 8.07. The Labute approximate surface area is 163 Å². The Morgan fingerprint density at radius 2 is 1.82 bits per heavy atom. The first kappa shape index (κ1) is 19.5. The highest BCUT2D eigenvalue weighted by Crippen LogP contribution is 2.31. The number of benzene rings is 2. The number of nitrogens with one attached hydrogen (secondary N) is 1. The quantitative estimate of drug-likeness (QED) is 0.549. The third kappa shape index (κ3) is 4.36. The molecule has 5 heteroatoms. The van der Waals surface area contributed by atoms with Crippen LogP contribution in [0.2, 0.25) is 0 Å².